The molecular weight excluding hydrogens is 402 g/mol. The average Bonchev–Trinajstić information content (AvgIpc) is 3.20. The lowest BCUT2D eigenvalue weighted by atomic mass is 10.0. The maximum absolute atomic E-state index is 12.2. The average molecular weight is 424 g/mol. The Morgan fingerprint density at radius 1 is 1.07 bits per heavy atom. The van der Waals surface area contributed by atoms with E-state index >= 15 is 0 Å². The first kappa shape index (κ1) is 19.6. The molecule has 8 heteroatoms. The lowest BCUT2D eigenvalue weighted by molar-refractivity contribution is 0.999. The van der Waals surface area contributed by atoms with Crippen LogP contribution >= 0.6 is 23.1 Å². The molecule has 0 bridgehead atoms. The summed E-state index contributed by atoms with van der Waals surface area (Å²) < 4.78 is 2.38. The number of aryl methyl sites for hydroxylation is 2. The minimum Gasteiger partial charge on any atom is -0.330 e. The van der Waals surface area contributed by atoms with Crippen molar-refractivity contribution in [1.82, 2.24) is 19.6 Å². The van der Waals surface area contributed by atoms with Crippen molar-refractivity contribution in [1.29, 1.82) is 0 Å². The second kappa shape index (κ2) is 8.75. The molecule has 148 valence electrons. The van der Waals surface area contributed by atoms with Crippen molar-refractivity contribution in [3.05, 3.63) is 75.8 Å². The highest BCUT2D eigenvalue weighted by molar-refractivity contribution is 8.00. The molecule has 1 aromatic carbocycles. The molecular formula is C21H21N5OS2. The molecule has 0 saturated carbocycles. The minimum absolute atomic E-state index is 0.0749. The topological polar surface area (TPSA) is 72.2 Å². The van der Waals surface area contributed by atoms with E-state index in [0.29, 0.717) is 11.4 Å². The van der Waals surface area contributed by atoms with Gasteiger partial charge in [0.15, 0.2) is 4.34 Å². The maximum atomic E-state index is 12.2. The summed E-state index contributed by atoms with van der Waals surface area (Å²) in [7, 11) is 0. The quantitative estimate of drug-likeness (QED) is 0.434. The molecule has 0 aliphatic carbocycles. The molecule has 4 aromatic rings. The van der Waals surface area contributed by atoms with Crippen LogP contribution in [0.25, 0.3) is 5.65 Å². The number of rotatable bonds is 7. The van der Waals surface area contributed by atoms with E-state index in [1.165, 1.54) is 38.6 Å². The van der Waals surface area contributed by atoms with Gasteiger partial charge in [0, 0.05) is 23.7 Å². The zero-order valence-electron chi connectivity index (χ0n) is 16.3. The van der Waals surface area contributed by atoms with Gasteiger partial charge in [-0.3, -0.25) is 9.20 Å². The molecule has 3 heterocycles. The van der Waals surface area contributed by atoms with Crippen LogP contribution in [0.3, 0.4) is 0 Å². The zero-order valence-corrected chi connectivity index (χ0v) is 17.9. The van der Waals surface area contributed by atoms with Crippen molar-refractivity contribution in [2.75, 3.05) is 5.32 Å². The third kappa shape index (κ3) is 4.33. The van der Waals surface area contributed by atoms with Gasteiger partial charge in [-0.25, -0.2) is 4.98 Å². The van der Waals surface area contributed by atoms with Crippen molar-refractivity contribution >= 4 is 39.6 Å². The fraction of sp³-hybridized carbons (Fsp3) is 0.238. The molecule has 1 N–H and O–H groups in total. The first-order chi connectivity index (χ1) is 14.2. The number of pyridine rings is 1. The van der Waals surface area contributed by atoms with Gasteiger partial charge in [0.2, 0.25) is 5.13 Å². The molecule has 29 heavy (non-hydrogen) atoms. The Bertz CT molecular complexity index is 1180. The van der Waals surface area contributed by atoms with Gasteiger partial charge in [-0.15, -0.1) is 10.2 Å². The Kier molecular flexibility index (Phi) is 5.92. The number of anilines is 2. The van der Waals surface area contributed by atoms with Gasteiger partial charge < -0.3 is 5.32 Å². The highest BCUT2D eigenvalue weighted by Crippen LogP contribution is 2.32. The summed E-state index contributed by atoms with van der Waals surface area (Å²) in [5.74, 6) is 0.570. The molecule has 0 aliphatic rings. The zero-order chi connectivity index (χ0) is 20.2. The first-order valence-corrected chi connectivity index (χ1v) is 11.3. The largest absolute Gasteiger partial charge is 0.330 e. The van der Waals surface area contributed by atoms with Crippen LogP contribution < -0.4 is 10.9 Å². The number of hydrogen-bond acceptors (Lipinski definition) is 7. The van der Waals surface area contributed by atoms with Crippen LogP contribution in [0.15, 0.2) is 57.8 Å². The Morgan fingerprint density at radius 3 is 2.62 bits per heavy atom. The molecule has 0 amide bonds. The number of nitrogens with zero attached hydrogens (tertiary/aromatic N) is 4. The van der Waals surface area contributed by atoms with Crippen molar-refractivity contribution in [2.24, 2.45) is 0 Å². The lowest BCUT2D eigenvalue weighted by Crippen LogP contribution is -2.14. The SMILES string of the molecule is CCc1cccc(CC)c1Nc1nnc(SCc2cc(=O)n3ccccc3n2)s1. The van der Waals surface area contributed by atoms with Crippen LogP contribution in [0.2, 0.25) is 0 Å². The van der Waals surface area contributed by atoms with Gasteiger partial charge >= 0.3 is 0 Å². The number of nitrogens with one attached hydrogen (secondary N) is 1. The Labute approximate surface area is 177 Å². The maximum Gasteiger partial charge on any atom is 0.258 e. The molecule has 6 nitrogen and oxygen atoms in total. The van der Waals surface area contributed by atoms with Crippen LogP contribution in [0.4, 0.5) is 10.8 Å². The van der Waals surface area contributed by atoms with Crippen molar-refractivity contribution in [3.8, 4) is 0 Å². The lowest BCUT2D eigenvalue weighted by Gasteiger charge is -2.13. The van der Waals surface area contributed by atoms with E-state index in [9.17, 15) is 4.79 Å². The number of para-hydroxylation sites is 1. The van der Waals surface area contributed by atoms with Gasteiger partial charge in [0.05, 0.1) is 5.69 Å². The highest BCUT2D eigenvalue weighted by atomic mass is 32.2. The van der Waals surface area contributed by atoms with Crippen LogP contribution in [-0.4, -0.2) is 19.6 Å². The molecule has 0 unspecified atom stereocenters. The van der Waals surface area contributed by atoms with Gasteiger partial charge in [-0.05, 0) is 36.1 Å². The molecule has 4 rings (SSSR count). The smallest absolute Gasteiger partial charge is 0.258 e. The molecule has 0 saturated heterocycles. The second-order valence-corrected chi connectivity index (χ2v) is 8.66. The van der Waals surface area contributed by atoms with E-state index in [0.717, 1.165) is 33.7 Å². The highest BCUT2D eigenvalue weighted by Gasteiger charge is 2.11. The number of benzene rings is 1. The van der Waals surface area contributed by atoms with Crippen LogP contribution in [0.5, 0.6) is 0 Å². The predicted octanol–water partition coefficient (Wildman–Crippen LogP) is 4.71. The van der Waals surface area contributed by atoms with Crippen LogP contribution in [-0.2, 0) is 18.6 Å². The van der Waals surface area contributed by atoms with Gasteiger partial charge in [0.1, 0.15) is 5.65 Å². The van der Waals surface area contributed by atoms with Crippen molar-refractivity contribution in [3.63, 3.8) is 0 Å². The first-order valence-electron chi connectivity index (χ1n) is 9.49. The number of fused-ring (bicyclic) bond motifs is 1. The Morgan fingerprint density at radius 2 is 1.86 bits per heavy atom. The van der Waals surface area contributed by atoms with E-state index in [-0.39, 0.29) is 5.56 Å². The van der Waals surface area contributed by atoms with Gasteiger partial charge in [0.25, 0.3) is 5.56 Å². The molecule has 0 atom stereocenters. The van der Waals surface area contributed by atoms with Crippen LogP contribution in [0.1, 0.15) is 30.7 Å². The summed E-state index contributed by atoms with van der Waals surface area (Å²) in [6.45, 7) is 4.31. The standard InChI is InChI=1S/C21H21N5OS2/c1-3-14-8-7-9-15(4-2)19(14)23-20-24-25-21(29-20)28-13-16-12-18(27)26-11-6-5-10-17(26)22-16/h5-12H,3-4,13H2,1-2H3,(H,23,24). The summed E-state index contributed by atoms with van der Waals surface area (Å²) in [5, 5.41) is 12.8. The van der Waals surface area contributed by atoms with Crippen LogP contribution in [0, 0.1) is 0 Å². The third-order valence-electron chi connectivity index (χ3n) is 4.60. The third-order valence-corrected chi connectivity index (χ3v) is 6.61. The van der Waals surface area contributed by atoms with Crippen molar-refractivity contribution < 1.29 is 0 Å². The summed E-state index contributed by atoms with van der Waals surface area (Å²) >= 11 is 3.05. The van der Waals surface area contributed by atoms with Crippen molar-refractivity contribution in [2.45, 2.75) is 36.8 Å². The molecule has 0 spiro atoms. The predicted molar refractivity (Wildman–Crippen MR) is 119 cm³/mol. The fourth-order valence-electron chi connectivity index (χ4n) is 3.14. The molecule has 3 aromatic heterocycles. The summed E-state index contributed by atoms with van der Waals surface area (Å²) in [4.78, 5) is 16.8. The normalized spacial score (nSPS) is 11.1. The molecule has 0 fully saturated rings. The number of aromatic nitrogens is 4. The van der Waals surface area contributed by atoms with E-state index < -0.39 is 0 Å². The second-order valence-electron chi connectivity index (χ2n) is 6.46. The summed E-state index contributed by atoms with van der Waals surface area (Å²) in [5.41, 5.74) is 4.99. The molecule has 0 aliphatic heterocycles. The minimum atomic E-state index is -0.0749. The fourth-order valence-corrected chi connectivity index (χ4v) is 4.79. The summed E-state index contributed by atoms with van der Waals surface area (Å²) in [6.07, 6.45) is 3.64. The van der Waals surface area contributed by atoms with E-state index in [2.05, 4.69) is 52.5 Å². The van der Waals surface area contributed by atoms with E-state index in [4.69, 9.17) is 0 Å². The Balaban J connectivity index is 1.49. The van der Waals surface area contributed by atoms with Gasteiger partial charge in [-0.2, -0.15) is 0 Å². The Hall–Kier alpha value is -2.71. The van der Waals surface area contributed by atoms with Gasteiger partial charge in [-0.1, -0.05) is 61.2 Å². The number of thioether (sulfide) groups is 1. The monoisotopic (exact) mass is 423 g/mol. The molecule has 0 radical (unpaired) electrons. The summed E-state index contributed by atoms with van der Waals surface area (Å²) in [6, 6.07) is 13.5. The number of hydrogen-bond donors (Lipinski definition) is 1. The van der Waals surface area contributed by atoms with E-state index in [1.807, 2.05) is 18.2 Å². The van der Waals surface area contributed by atoms with E-state index in [1.54, 1.807) is 12.3 Å².